The number of hydrogen-bond acceptors (Lipinski definition) is 6. The van der Waals surface area contributed by atoms with Gasteiger partial charge in [-0.1, -0.05) is 60.6 Å². The molecule has 1 saturated heterocycles. The smallest absolute Gasteiger partial charge is 0.192 e. The largest absolute Gasteiger partial charge is 0.497 e. The highest BCUT2D eigenvalue weighted by molar-refractivity contribution is 6.74. The molecule has 1 aromatic carbocycles. The molecule has 0 bridgehead atoms. The van der Waals surface area contributed by atoms with Crippen molar-refractivity contribution in [3.63, 3.8) is 0 Å². The molecule has 0 spiro atoms. The Morgan fingerprint density at radius 3 is 2.11 bits per heavy atom. The number of methoxy groups -OCH3 is 1. The van der Waals surface area contributed by atoms with E-state index in [1.165, 1.54) is 0 Å². The second-order valence-electron chi connectivity index (χ2n) is 12.7. The van der Waals surface area contributed by atoms with Crippen molar-refractivity contribution >= 4 is 22.9 Å². The van der Waals surface area contributed by atoms with Crippen molar-refractivity contribution in [3.05, 3.63) is 29.8 Å². The summed E-state index contributed by atoms with van der Waals surface area (Å²) in [4.78, 5) is 12.6. The Balaban J connectivity index is 2.16. The lowest BCUT2D eigenvalue weighted by atomic mass is 9.87. The van der Waals surface area contributed by atoms with Crippen LogP contribution in [0.1, 0.15) is 61.0 Å². The van der Waals surface area contributed by atoms with Crippen LogP contribution in [0, 0.1) is 11.8 Å². The number of ether oxygens (including phenoxy) is 3. The van der Waals surface area contributed by atoms with E-state index in [1.54, 1.807) is 7.11 Å². The zero-order chi connectivity index (χ0) is 28.8. The van der Waals surface area contributed by atoms with Gasteiger partial charge in [0.2, 0.25) is 0 Å². The van der Waals surface area contributed by atoms with E-state index in [2.05, 4.69) is 68.5 Å². The van der Waals surface area contributed by atoms with Crippen LogP contribution in [0.5, 0.6) is 5.75 Å². The van der Waals surface area contributed by atoms with Crippen LogP contribution < -0.4 is 4.74 Å². The number of carbonyl (C=O) groups is 1. The first kappa shape index (κ1) is 33.2. The molecule has 0 saturated carbocycles. The van der Waals surface area contributed by atoms with Gasteiger partial charge in [-0.2, -0.15) is 0 Å². The Morgan fingerprint density at radius 2 is 1.63 bits per heavy atom. The number of epoxide rings is 1. The molecule has 6 nitrogen and oxygen atoms in total. The highest BCUT2D eigenvalue weighted by Crippen LogP contribution is 2.49. The van der Waals surface area contributed by atoms with Crippen molar-refractivity contribution in [2.75, 3.05) is 20.3 Å². The maximum absolute atomic E-state index is 12.6. The average Bonchev–Trinajstić information content (AvgIpc) is 3.58. The van der Waals surface area contributed by atoms with Crippen LogP contribution in [0.25, 0.3) is 0 Å². The van der Waals surface area contributed by atoms with Crippen LogP contribution in [0.2, 0.25) is 36.3 Å². The van der Waals surface area contributed by atoms with Crippen LogP contribution in [0.15, 0.2) is 24.3 Å². The van der Waals surface area contributed by atoms with Crippen molar-refractivity contribution in [1.29, 1.82) is 0 Å². The minimum Gasteiger partial charge on any atom is -0.497 e. The fraction of sp³-hybridized carbons (Fsp3) is 0.767. The Kier molecular flexibility index (Phi) is 11.8. The molecule has 218 valence electrons. The minimum atomic E-state index is -2.02. The molecule has 0 aromatic heterocycles. The lowest BCUT2D eigenvalue weighted by Gasteiger charge is -2.40. The summed E-state index contributed by atoms with van der Waals surface area (Å²) < 4.78 is 31.3. The summed E-state index contributed by atoms with van der Waals surface area (Å²) >= 11 is 0. The third-order valence-electron chi connectivity index (χ3n) is 9.10. The molecule has 2 rings (SSSR count). The monoisotopic (exact) mass is 566 g/mol. The third-order valence-corrected chi connectivity index (χ3v) is 18.2. The Morgan fingerprint density at radius 1 is 1.05 bits per heavy atom. The van der Waals surface area contributed by atoms with E-state index in [4.69, 9.17) is 23.1 Å². The van der Waals surface area contributed by atoms with E-state index in [1.807, 2.05) is 24.3 Å². The van der Waals surface area contributed by atoms with Gasteiger partial charge in [0, 0.05) is 12.5 Å². The summed E-state index contributed by atoms with van der Waals surface area (Å²) in [5.41, 5.74) is 0.565. The molecule has 1 aromatic rings. The van der Waals surface area contributed by atoms with E-state index < -0.39 is 22.2 Å². The maximum atomic E-state index is 12.6. The highest BCUT2D eigenvalue weighted by Gasteiger charge is 2.63. The fourth-order valence-electron chi connectivity index (χ4n) is 4.94. The van der Waals surface area contributed by atoms with Crippen LogP contribution in [0.3, 0.4) is 0 Å². The van der Waals surface area contributed by atoms with Gasteiger partial charge in [-0.15, -0.1) is 0 Å². The van der Waals surface area contributed by atoms with Crippen molar-refractivity contribution in [2.24, 2.45) is 11.8 Å². The molecule has 8 heteroatoms. The molecular weight excluding hydrogens is 512 g/mol. The number of aldehydes is 1. The van der Waals surface area contributed by atoms with Gasteiger partial charge in [0.1, 0.15) is 17.6 Å². The van der Waals surface area contributed by atoms with Crippen molar-refractivity contribution < 1.29 is 27.9 Å². The molecule has 1 aliphatic rings. The first-order valence-corrected chi connectivity index (χ1v) is 19.8. The van der Waals surface area contributed by atoms with Gasteiger partial charge in [-0.25, -0.2) is 0 Å². The summed E-state index contributed by atoms with van der Waals surface area (Å²) in [5, 5.41) is 0.0732. The van der Waals surface area contributed by atoms with Gasteiger partial charge in [-0.3, -0.25) is 0 Å². The van der Waals surface area contributed by atoms with Crippen molar-refractivity contribution in [1.82, 2.24) is 0 Å². The maximum Gasteiger partial charge on any atom is 0.192 e. The summed E-state index contributed by atoms with van der Waals surface area (Å²) in [5.74, 6) is 0.630. The van der Waals surface area contributed by atoms with Gasteiger partial charge in [0.15, 0.2) is 16.6 Å². The molecule has 0 N–H and O–H groups in total. The van der Waals surface area contributed by atoms with E-state index >= 15 is 0 Å². The first-order chi connectivity index (χ1) is 17.7. The second kappa shape index (κ2) is 13.5. The van der Waals surface area contributed by atoms with E-state index in [0.29, 0.717) is 19.8 Å². The standard InChI is InChI=1S/C30H54O6Si2/c1-12-38(13-2,14-3)36-28(25(19-31)22-34-37(10,11)29(5,6)7)30(8)27(35-30)23(4)20-33-21-24-15-17-26(32-9)18-16-24/h15-19,23,25,27-28H,12-14,20-22H2,1-11H3/t23-,25+,27+,28-,30-/m0/s1. The molecule has 0 radical (unpaired) electrons. The molecule has 0 amide bonds. The summed E-state index contributed by atoms with van der Waals surface area (Å²) in [6.07, 6.45) is 0.688. The van der Waals surface area contributed by atoms with Gasteiger partial charge in [-0.05, 0) is 60.9 Å². The lowest BCUT2D eigenvalue weighted by molar-refractivity contribution is -0.117. The van der Waals surface area contributed by atoms with Crippen LogP contribution >= 0.6 is 0 Å². The van der Waals surface area contributed by atoms with Gasteiger partial charge >= 0.3 is 0 Å². The molecule has 1 aliphatic heterocycles. The number of carbonyl (C=O) groups excluding carboxylic acids is 1. The normalized spacial score (nSPS) is 22.6. The summed E-state index contributed by atoms with van der Waals surface area (Å²) in [6.45, 7) is 23.6. The van der Waals surface area contributed by atoms with Crippen molar-refractivity contribution in [2.45, 2.75) is 116 Å². The van der Waals surface area contributed by atoms with E-state index in [0.717, 1.165) is 35.7 Å². The zero-order valence-electron chi connectivity index (χ0n) is 25.9. The van der Waals surface area contributed by atoms with Gasteiger partial charge < -0.3 is 27.9 Å². The Hall–Kier alpha value is -1.04. The van der Waals surface area contributed by atoms with Gasteiger partial charge in [0.25, 0.3) is 0 Å². The minimum absolute atomic E-state index is 0.0315. The zero-order valence-corrected chi connectivity index (χ0v) is 27.9. The van der Waals surface area contributed by atoms with E-state index in [-0.39, 0.29) is 29.1 Å². The number of benzene rings is 1. The predicted molar refractivity (Wildman–Crippen MR) is 160 cm³/mol. The highest BCUT2D eigenvalue weighted by atomic mass is 28.4. The van der Waals surface area contributed by atoms with Crippen LogP contribution in [-0.4, -0.2) is 61.1 Å². The molecule has 1 heterocycles. The van der Waals surface area contributed by atoms with Gasteiger partial charge in [0.05, 0.1) is 38.4 Å². The van der Waals surface area contributed by atoms with Crippen LogP contribution in [0.4, 0.5) is 0 Å². The molecule has 0 aliphatic carbocycles. The lowest BCUT2D eigenvalue weighted by Crippen LogP contribution is -2.52. The topological polar surface area (TPSA) is 66.5 Å². The van der Waals surface area contributed by atoms with Crippen LogP contribution in [-0.2, 0) is 29.7 Å². The SMILES string of the molecule is CC[Si](CC)(CC)O[C@@H]([C@H](C=O)CO[Si](C)(C)C(C)(C)C)[C@@]1(C)O[C@@H]1[C@@H](C)COCc1ccc(OC)cc1. The summed E-state index contributed by atoms with van der Waals surface area (Å²) in [7, 11) is -2.36. The van der Waals surface area contributed by atoms with Crippen molar-refractivity contribution in [3.8, 4) is 5.75 Å². The molecular formula is C30H54O6Si2. The molecule has 0 unspecified atom stereocenters. The first-order valence-electron chi connectivity index (χ1n) is 14.4. The number of rotatable bonds is 17. The third kappa shape index (κ3) is 8.01. The van der Waals surface area contributed by atoms with E-state index in [9.17, 15) is 4.79 Å². The Bertz CT molecular complexity index is 856. The quantitative estimate of drug-likeness (QED) is 0.113. The molecule has 5 atom stereocenters. The summed E-state index contributed by atoms with van der Waals surface area (Å²) in [6, 6.07) is 11.0. The average molecular weight is 567 g/mol. The molecule has 1 fully saturated rings. The fourth-order valence-corrected chi connectivity index (χ4v) is 8.93. The Labute approximate surface area is 234 Å². The second-order valence-corrected chi connectivity index (χ2v) is 22.2. The number of hydrogen-bond donors (Lipinski definition) is 0. The predicted octanol–water partition coefficient (Wildman–Crippen LogP) is 7.23. The molecule has 38 heavy (non-hydrogen) atoms.